The van der Waals surface area contributed by atoms with E-state index in [-0.39, 0.29) is 24.3 Å². The molecule has 0 radical (unpaired) electrons. The first-order chi connectivity index (χ1) is 14.4. The minimum atomic E-state index is -0.333. The number of imide groups is 1. The summed E-state index contributed by atoms with van der Waals surface area (Å²) in [4.78, 5) is 39.9. The summed E-state index contributed by atoms with van der Waals surface area (Å²) in [6.45, 7) is 2.16. The number of thioether (sulfide) groups is 1. The Bertz CT molecular complexity index is 987. The molecule has 3 rings (SSSR count). The summed E-state index contributed by atoms with van der Waals surface area (Å²) in [6.07, 6.45) is 0.557. The van der Waals surface area contributed by atoms with Crippen LogP contribution in [0.3, 0.4) is 0 Å². The van der Waals surface area contributed by atoms with E-state index in [1.807, 2.05) is 12.1 Å². The van der Waals surface area contributed by atoms with E-state index in [9.17, 15) is 14.4 Å². The highest BCUT2D eigenvalue weighted by Crippen LogP contribution is 2.40. The molecule has 1 aliphatic rings. The number of nitrogens with zero attached hydrogens (tertiary/aromatic N) is 1. The summed E-state index contributed by atoms with van der Waals surface area (Å²) in [5.41, 5.74) is 1.59. The van der Waals surface area contributed by atoms with Gasteiger partial charge in [0.05, 0.1) is 10.5 Å². The number of benzene rings is 2. The second-order valence-electron chi connectivity index (χ2n) is 6.63. The number of carbonyl (C=O) groups excluding carboxylic acids is 3. The van der Waals surface area contributed by atoms with Crippen molar-refractivity contribution in [2.75, 3.05) is 25.6 Å². The number of carbonyl (C=O) groups is 3. The van der Waals surface area contributed by atoms with E-state index in [1.54, 1.807) is 43.5 Å². The van der Waals surface area contributed by atoms with Crippen molar-refractivity contribution in [2.45, 2.75) is 18.2 Å². The van der Waals surface area contributed by atoms with E-state index in [0.29, 0.717) is 39.8 Å². The summed E-state index contributed by atoms with van der Waals surface area (Å²) in [6, 6.07) is 14.0. The SMILES string of the molecule is COCCCN1C(=O)C(Sc2ccc(Cl)cc2)=C(c2ccc(NC(C)=O)cc2)C1=O. The molecule has 0 aliphatic carbocycles. The van der Waals surface area contributed by atoms with E-state index in [2.05, 4.69) is 5.32 Å². The normalized spacial score (nSPS) is 13.9. The molecule has 0 unspecified atom stereocenters. The number of hydrogen-bond donors (Lipinski definition) is 1. The Balaban J connectivity index is 1.96. The lowest BCUT2D eigenvalue weighted by Gasteiger charge is -2.14. The van der Waals surface area contributed by atoms with Crippen LogP contribution in [0.4, 0.5) is 5.69 Å². The fourth-order valence-corrected chi connectivity index (χ4v) is 4.16. The molecule has 0 aromatic heterocycles. The van der Waals surface area contributed by atoms with Crippen molar-refractivity contribution in [1.82, 2.24) is 4.90 Å². The van der Waals surface area contributed by atoms with E-state index in [0.717, 1.165) is 4.90 Å². The molecular weight excluding hydrogens is 424 g/mol. The summed E-state index contributed by atoms with van der Waals surface area (Å²) in [7, 11) is 1.58. The summed E-state index contributed by atoms with van der Waals surface area (Å²) in [5, 5.41) is 3.29. The topological polar surface area (TPSA) is 75.7 Å². The zero-order chi connectivity index (χ0) is 21.7. The molecule has 30 heavy (non-hydrogen) atoms. The molecule has 0 saturated carbocycles. The fraction of sp³-hybridized carbons (Fsp3) is 0.227. The molecule has 2 aromatic rings. The third kappa shape index (κ3) is 5.11. The van der Waals surface area contributed by atoms with Gasteiger partial charge in [-0.15, -0.1) is 0 Å². The predicted molar refractivity (Wildman–Crippen MR) is 118 cm³/mol. The Hall–Kier alpha value is -2.61. The quantitative estimate of drug-likeness (QED) is 0.487. The second-order valence-corrected chi connectivity index (χ2v) is 8.15. The van der Waals surface area contributed by atoms with Crippen LogP contribution >= 0.6 is 23.4 Å². The van der Waals surface area contributed by atoms with Gasteiger partial charge < -0.3 is 10.1 Å². The lowest BCUT2D eigenvalue weighted by Crippen LogP contribution is -2.33. The Kier molecular flexibility index (Phi) is 7.31. The number of halogens is 1. The van der Waals surface area contributed by atoms with Crippen LogP contribution in [0, 0.1) is 0 Å². The summed E-state index contributed by atoms with van der Waals surface area (Å²) >= 11 is 7.20. The van der Waals surface area contributed by atoms with Gasteiger partial charge in [0.1, 0.15) is 0 Å². The minimum Gasteiger partial charge on any atom is -0.385 e. The van der Waals surface area contributed by atoms with Crippen LogP contribution in [-0.2, 0) is 19.1 Å². The van der Waals surface area contributed by atoms with Crippen molar-refractivity contribution in [3.8, 4) is 0 Å². The highest BCUT2D eigenvalue weighted by molar-refractivity contribution is 8.04. The average molecular weight is 445 g/mol. The van der Waals surface area contributed by atoms with E-state index < -0.39 is 0 Å². The van der Waals surface area contributed by atoms with Crippen LogP contribution in [0.15, 0.2) is 58.3 Å². The number of nitrogens with one attached hydrogen (secondary N) is 1. The number of rotatable bonds is 8. The molecule has 1 heterocycles. The van der Waals surface area contributed by atoms with Crippen LogP contribution in [0.1, 0.15) is 18.9 Å². The maximum Gasteiger partial charge on any atom is 0.268 e. The van der Waals surface area contributed by atoms with Gasteiger partial charge in [0, 0.05) is 42.8 Å². The minimum absolute atomic E-state index is 0.183. The van der Waals surface area contributed by atoms with Crippen molar-refractivity contribution in [1.29, 1.82) is 0 Å². The Morgan fingerprint density at radius 3 is 2.33 bits per heavy atom. The van der Waals surface area contributed by atoms with Crippen molar-refractivity contribution >= 4 is 52.3 Å². The second kappa shape index (κ2) is 9.93. The van der Waals surface area contributed by atoms with E-state index >= 15 is 0 Å². The standard InChI is InChI=1S/C22H21ClN2O4S/c1-14(26)24-17-8-4-15(5-9-17)19-20(30-18-10-6-16(23)7-11-18)22(28)25(21(19)27)12-3-13-29-2/h4-11H,3,12-13H2,1-2H3,(H,24,26). The molecule has 1 aliphatic heterocycles. The lowest BCUT2D eigenvalue weighted by molar-refractivity contribution is -0.136. The van der Waals surface area contributed by atoms with Gasteiger partial charge >= 0.3 is 0 Å². The maximum atomic E-state index is 13.1. The molecule has 8 heteroatoms. The van der Waals surface area contributed by atoms with Crippen LogP contribution in [0.5, 0.6) is 0 Å². The first-order valence-electron chi connectivity index (χ1n) is 9.31. The van der Waals surface area contributed by atoms with Crippen molar-refractivity contribution in [2.24, 2.45) is 0 Å². The van der Waals surface area contributed by atoms with Gasteiger partial charge in [-0.05, 0) is 48.4 Å². The molecule has 156 valence electrons. The number of ether oxygens (including phenoxy) is 1. The van der Waals surface area contributed by atoms with Crippen LogP contribution in [-0.4, -0.2) is 42.9 Å². The van der Waals surface area contributed by atoms with Crippen molar-refractivity contribution in [3.63, 3.8) is 0 Å². The van der Waals surface area contributed by atoms with Crippen LogP contribution in [0.25, 0.3) is 5.57 Å². The van der Waals surface area contributed by atoms with Gasteiger partial charge in [0.2, 0.25) is 5.91 Å². The van der Waals surface area contributed by atoms with E-state index in [1.165, 1.54) is 23.6 Å². The van der Waals surface area contributed by atoms with Gasteiger partial charge in [0.25, 0.3) is 11.8 Å². The molecule has 3 amide bonds. The average Bonchev–Trinajstić information content (AvgIpc) is 2.94. The molecule has 0 fully saturated rings. The predicted octanol–water partition coefficient (Wildman–Crippen LogP) is 4.21. The Morgan fingerprint density at radius 2 is 1.73 bits per heavy atom. The van der Waals surface area contributed by atoms with Crippen LogP contribution in [0.2, 0.25) is 5.02 Å². The van der Waals surface area contributed by atoms with Gasteiger partial charge in [-0.1, -0.05) is 35.5 Å². The number of anilines is 1. The number of hydrogen-bond acceptors (Lipinski definition) is 5. The first kappa shape index (κ1) is 22.1. The van der Waals surface area contributed by atoms with Gasteiger partial charge in [-0.2, -0.15) is 0 Å². The molecular formula is C22H21ClN2O4S. The molecule has 1 N–H and O–H groups in total. The maximum absolute atomic E-state index is 13.1. The zero-order valence-corrected chi connectivity index (χ0v) is 18.2. The van der Waals surface area contributed by atoms with Gasteiger partial charge in [-0.3, -0.25) is 19.3 Å². The fourth-order valence-electron chi connectivity index (χ4n) is 3.02. The van der Waals surface area contributed by atoms with Crippen LogP contribution < -0.4 is 5.32 Å². The Morgan fingerprint density at radius 1 is 1.07 bits per heavy atom. The third-order valence-corrected chi connectivity index (χ3v) is 5.73. The highest BCUT2D eigenvalue weighted by atomic mass is 35.5. The largest absolute Gasteiger partial charge is 0.385 e. The third-order valence-electron chi connectivity index (χ3n) is 4.38. The monoisotopic (exact) mass is 444 g/mol. The Labute approximate surface area is 184 Å². The lowest BCUT2D eigenvalue weighted by atomic mass is 10.1. The number of amides is 3. The molecule has 0 atom stereocenters. The molecule has 0 spiro atoms. The number of methoxy groups -OCH3 is 1. The molecule has 0 bridgehead atoms. The van der Waals surface area contributed by atoms with Gasteiger partial charge in [-0.25, -0.2) is 0 Å². The zero-order valence-electron chi connectivity index (χ0n) is 16.6. The smallest absolute Gasteiger partial charge is 0.268 e. The first-order valence-corrected chi connectivity index (χ1v) is 10.5. The summed E-state index contributed by atoms with van der Waals surface area (Å²) in [5.74, 6) is -0.839. The van der Waals surface area contributed by atoms with E-state index in [4.69, 9.17) is 16.3 Å². The van der Waals surface area contributed by atoms with Gasteiger partial charge in [0.15, 0.2) is 0 Å². The van der Waals surface area contributed by atoms with Crippen molar-refractivity contribution in [3.05, 3.63) is 64.0 Å². The molecule has 2 aromatic carbocycles. The highest BCUT2D eigenvalue weighted by Gasteiger charge is 2.39. The molecule has 0 saturated heterocycles. The summed E-state index contributed by atoms with van der Waals surface area (Å²) < 4.78 is 5.05. The molecule has 6 nitrogen and oxygen atoms in total. The van der Waals surface area contributed by atoms with Crippen molar-refractivity contribution < 1.29 is 19.1 Å².